The summed E-state index contributed by atoms with van der Waals surface area (Å²) in [7, 11) is 1.66. The van der Waals surface area contributed by atoms with Gasteiger partial charge >= 0.3 is 0 Å². The molecule has 0 unspecified atom stereocenters. The van der Waals surface area contributed by atoms with E-state index in [9.17, 15) is 0 Å². The first-order chi connectivity index (χ1) is 6.31. The minimum absolute atomic E-state index is 0.555. The second-order valence-corrected chi connectivity index (χ2v) is 2.88. The summed E-state index contributed by atoms with van der Waals surface area (Å²) >= 11 is 0. The molecule has 1 aromatic carbocycles. The normalized spacial score (nSPS) is 10.1. The quantitative estimate of drug-likeness (QED) is 0.715. The number of benzene rings is 1. The lowest BCUT2D eigenvalue weighted by Gasteiger charge is -2.08. The molecule has 0 heterocycles. The summed E-state index contributed by atoms with van der Waals surface area (Å²) in [6.07, 6.45) is 0.851. The predicted octanol–water partition coefficient (Wildman–Crippen LogP) is 0.655. The molecule has 0 saturated carbocycles. The van der Waals surface area contributed by atoms with E-state index in [0.717, 1.165) is 17.7 Å². The molecule has 0 aromatic heterocycles. The van der Waals surface area contributed by atoms with Crippen LogP contribution in [0.25, 0.3) is 0 Å². The van der Waals surface area contributed by atoms with Crippen LogP contribution < -0.4 is 16.2 Å². The van der Waals surface area contributed by atoms with Gasteiger partial charge < -0.3 is 16.2 Å². The summed E-state index contributed by atoms with van der Waals surface area (Å²) in [5, 5.41) is 0. The van der Waals surface area contributed by atoms with E-state index in [2.05, 4.69) is 0 Å². The summed E-state index contributed by atoms with van der Waals surface area (Å²) in [5.74, 6) is 0.862. The van der Waals surface area contributed by atoms with E-state index in [-0.39, 0.29) is 0 Å². The van der Waals surface area contributed by atoms with Crippen LogP contribution >= 0.6 is 0 Å². The first-order valence-electron chi connectivity index (χ1n) is 4.37. The van der Waals surface area contributed by atoms with E-state index >= 15 is 0 Å². The molecule has 0 radical (unpaired) electrons. The fourth-order valence-electron chi connectivity index (χ4n) is 1.32. The number of rotatable bonds is 4. The highest BCUT2D eigenvalue weighted by Gasteiger charge is 2.01. The maximum atomic E-state index is 5.59. The van der Waals surface area contributed by atoms with Crippen LogP contribution in [0, 0.1) is 0 Å². The second kappa shape index (κ2) is 4.84. The molecule has 0 saturated heterocycles. The van der Waals surface area contributed by atoms with Gasteiger partial charge in [0.25, 0.3) is 0 Å². The SMILES string of the molecule is COc1ccc(CN)c(CCN)c1. The third-order valence-corrected chi connectivity index (χ3v) is 2.05. The molecular formula is C10H16N2O. The van der Waals surface area contributed by atoms with Crippen molar-refractivity contribution in [3.8, 4) is 5.75 Å². The van der Waals surface area contributed by atoms with E-state index in [1.165, 1.54) is 5.56 Å². The maximum Gasteiger partial charge on any atom is 0.119 e. The van der Waals surface area contributed by atoms with Gasteiger partial charge in [-0.2, -0.15) is 0 Å². The molecule has 0 aliphatic carbocycles. The van der Waals surface area contributed by atoms with Crippen molar-refractivity contribution in [3.63, 3.8) is 0 Å². The van der Waals surface area contributed by atoms with Crippen molar-refractivity contribution in [2.75, 3.05) is 13.7 Å². The van der Waals surface area contributed by atoms with Crippen LogP contribution in [-0.4, -0.2) is 13.7 Å². The van der Waals surface area contributed by atoms with Gasteiger partial charge in [0.05, 0.1) is 7.11 Å². The monoisotopic (exact) mass is 180 g/mol. The second-order valence-electron chi connectivity index (χ2n) is 2.88. The van der Waals surface area contributed by atoms with E-state index < -0.39 is 0 Å². The summed E-state index contributed by atoms with van der Waals surface area (Å²) in [6, 6.07) is 5.90. The fraction of sp³-hybridized carbons (Fsp3) is 0.400. The number of ether oxygens (including phenoxy) is 1. The highest BCUT2D eigenvalue weighted by Crippen LogP contribution is 2.17. The molecule has 0 bridgehead atoms. The third kappa shape index (κ3) is 2.44. The van der Waals surface area contributed by atoms with Crippen LogP contribution in [-0.2, 0) is 13.0 Å². The Morgan fingerprint density at radius 3 is 2.54 bits per heavy atom. The molecule has 4 N–H and O–H groups in total. The molecule has 13 heavy (non-hydrogen) atoms. The van der Waals surface area contributed by atoms with Crippen molar-refractivity contribution in [1.29, 1.82) is 0 Å². The third-order valence-electron chi connectivity index (χ3n) is 2.05. The van der Waals surface area contributed by atoms with Crippen LogP contribution in [0.4, 0.5) is 0 Å². The molecule has 0 fully saturated rings. The van der Waals surface area contributed by atoms with Gasteiger partial charge in [0.2, 0.25) is 0 Å². The number of hydrogen-bond acceptors (Lipinski definition) is 3. The summed E-state index contributed by atoms with van der Waals surface area (Å²) < 4.78 is 5.12. The average molecular weight is 180 g/mol. The Balaban J connectivity index is 2.95. The molecule has 1 rings (SSSR count). The zero-order chi connectivity index (χ0) is 9.68. The van der Waals surface area contributed by atoms with Gasteiger partial charge in [-0.05, 0) is 36.2 Å². The Bertz CT molecular complexity index is 274. The van der Waals surface area contributed by atoms with Gasteiger partial charge in [0.15, 0.2) is 0 Å². The fourth-order valence-corrected chi connectivity index (χ4v) is 1.32. The minimum Gasteiger partial charge on any atom is -0.497 e. The van der Waals surface area contributed by atoms with Gasteiger partial charge in [-0.25, -0.2) is 0 Å². The molecular weight excluding hydrogens is 164 g/mol. The molecule has 72 valence electrons. The molecule has 3 heteroatoms. The van der Waals surface area contributed by atoms with Gasteiger partial charge in [0, 0.05) is 6.54 Å². The smallest absolute Gasteiger partial charge is 0.119 e. The highest BCUT2D eigenvalue weighted by molar-refractivity contribution is 5.35. The van der Waals surface area contributed by atoms with Crippen molar-refractivity contribution in [3.05, 3.63) is 29.3 Å². The zero-order valence-corrected chi connectivity index (χ0v) is 7.92. The Labute approximate surface area is 78.7 Å². The lowest BCUT2D eigenvalue weighted by atomic mass is 10.0. The van der Waals surface area contributed by atoms with Gasteiger partial charge in [-0.1, -0.05) is 6.07 Å². The first-order valence-corrected chi connectivity index (χ1v) is 4.37. The first kappa shape index (κ1) is 10.0. The van der Waals surface area contributed by atoms with E-state index in [4.69, 9.17) is 16.2 Å². The van der Waals surface area contributed by atoms with Crippen LogP contribution in [0.2, 0.25) is 0 Å². The van der Waals surface area contributed by atoms with E-state index in [0.29, 0.717) is 13.1 Å². The van der Waals surface area contributed by atoms with E-state index in [1.807, 2.05) is 18.2 Å². The Hall–Kier alpha value is -1.06. The van der Waals surface area contributed by atoms with Gasteiger partial charge in [0.1, 0.15) is 5.75 Å². The van der Waals surface area contributed by atoms with Gasteiger partial charge in [-0.3, -0.25) is 0 Å². The largest absolute Gasteiger partial charge is 0.497 e. The van der Waals surface area contributed by atoms with Crippen LogP contribution in [0.3, 0.4) is 0 Å². The Morgan fingerprint density at radius 2 is 2.00 bits per heavy atom. The standard InChI is InChI=1S/C10H16N2O/c1-13-10-3-2-9(7-12)8(6-10)4-5-11/h2-3,6H,4-5,7,11-12H2,1H3. The summed E-state index contributed by atoms with van der Waals surface area (Å²) in [5.41, 5.74) is 13.4. The molecule has 3 nitrogen and oxygen atoms in total. The topological polar surface area (TPSA) is 61.3 Å². The molecule has 0 spiro atoms. The predicted molar refractivity (Wildman–Crippen MR) is 53.6 cm³/mol. The molecule has 0 aliphatic rings. The Kier molecular flexibility index (Phi) is 3.73. The number of methoxy groups -OCH3 is 1. The van der Waals surface area contributed by atoms with Crippen LogP contribution in [0.1, 0.15) is 11.1 Å². The highest BCUT2D eigenvalue weighted by atomic mass is 16.5. The number of nitrogens with two attached hydrogens (primary N) is 2. The zero-order valence-electron chi connectivity index (χ0n) is 7.92. The number of hydrogen-bond donors (Lipinski definition) is 2. The Morgan fingerprint density at radius 1 is 1.23 bits per heavy atom. The van der Waals surface area contributed by atoms with Gasteiger partial charge in [-0.15, -0.1) is 0 Å². The maximum absolute atomic E-state index is 5.59. The lowest BCUT2D eigenvalue weighted by Crippen LogP contribution is -2.08. The van der Waals surface area contributed by atoms with Crippen molar-refractivity contribution in [2.45, 2.75) is 13.0 Å². The van der Waals surface area contributed by atoms with Crippen LogP contribution in [0.5, 0.6) is 5.75 Å². The summed E-state index contributed by atoms with van der Waals surface area (Å²) in [6.45, 7) is 1.19. The molecule has 0 amide bonds. The molecule has 1 aromatic rings. The van der Waals surface area contributed by atoms with Crippen molar-refractivity contribution >= 4 is 0 Å². The van der Waals surface area contributed by atoms with Crippen molar-refractivity contribution in [2.24, 2.45) is 11.5 Å². The average Bonchev–Trinajstić information content (AvgIpc) is 2.18. The molecule has 0 atom stereocenters. The van der Waals surface area contributed by atoms with Crippen molar-refractivity contribution in [1.82, 2.24) is 0 Å². The van der Waals surface area contributed by atoms with E-state index in [1.54, 1.807) is 7.11 Å². The lowest BCUT2D eigenvalue weighted by molar-refractivity contribution is 0.414. The molecule has 0 aliphatic heterocycles. The minimum atomic E-state index is 0.555. The van der Waals surface area contributed by atoms with Crippen molar-refractivity contribution < 1.29 is 4.74 Å². The summed E-state index contributed by atoms with van der Waals surface area (Å²) in [4.78, 5) is 0. The van der Waals surface area contributed by atoms with Crippen LogP contribution in [0.15, 0.2) is 18.2 Å².